The third-order valence-corrected chi connectivity index (χ3v) is 11.7. The molecule has 7 amide bonds. The molecular formula is C39H62F2N6O7. The topological polar surface area (TPSA) is 174 Å². The molecule has 15 heteroatoms. The van der Waals surface area contributed by atoms with E-state index in [2.05, 4.69) is 21.3 Å². The molecule has 0 aromatic rings. The monoisotopic (exact) mass is 764 g/mol. The zero-order chi connectivity index (χ0) is 40.4. The summed E-state index contributed by atoms with van der Waals surface area (Å²) in [7, 11) is 0. The maximum absolute atomic E-state index is 15.2. The Balaban J connectivity index is 1.51. The van der Waals surface area contributed by atoms with Gasteiger partial charge in [0.2, 0.25) is 35.3 Å². The van der Waals surface area contributed by atoms with E-state index in [9.17, 15) is 33.6 Å². The summed E-state index contributed by atoms with van der Waals surface area (Å²) in [5, 5.41) is 10.5. The molecule has 4 N–H and O–H groups in total. The van der Waals surface area contributed by atoms with E-state index < -0.39 is 83.8 Å². The first kappa shape index (κ1) is 43.1. The predicted molar refractivity (Wildman–Crippen MR) is 197 cm³/mol. The SMILES string of the molecule is CCCCCCC(F)(F)CC[C@H](NC(=O)N[C@H](CN1C(=O)CC(C)(C)CC1=O)C(C)(C)C)C(=O)N1C[C@H]2[C@@H]([C@H]1C(=O)NCC(=O)C(=O)NC1CC1)C2(C)C. The van der Waals surface area contributed by atoms with Crippen LogP contribution in [-0.4, -0.2) is 101 Å². The number of rotatable bonds is 18. The third-order valence-electron chi connectivity index (χ3n) is 11.7. The van der Waals surface area contributed by atoms with Crippen molar-refractivity contribution in [3.8, 4) is 0 Å². The van der Waals surface area contributed by atoms with Gasteiger partial charge in [0.25, 0.3) is 5.91 Å². The Morgan fingerprint density at radius 2 is 1.54 bits per heavy atom. The van der Waals surface area contributed by atoms with Crippen LogP contribution in [0.2, 0.25) is 0 Å². The molecule has 2 saturated heterocycles. The smallest absolute Gasteiger partial charge is 0.315 e. The summed E-state index contributed by atoms with van der Waals surface area (Å²) >= 11 is 0. The highest BCUT2D eigenvalue weighted by Gasteiger charge is 2.69. The second-order valence-electron chi connectivity index (χ2n) is 18.5. The van der Waals surface area contributed by atoms with Crippen molar-refractivity contribution in [2.45, 2.75) is 156 Å². The Bertz CT molecular complexity index is 1450. The summed E-state index contributed by atoms with van der Waals surface area (Å²) in [6.45, 7) is 14.5. The largest absolute Gasteiger partial charge is 0.347 e. The quantitative estimate of drug-likeness (QED) is 0.0925. The maximum atomic E-state index is 15.2. The number of nitrogens with zero attached hydrogens (tertiary/aromatic N) is 2. The van der Waals surface area contributed by atoms with Gasteiger partial charge >= 0.3 is 6.03 Å². The number of ketones is 1. The van der Waals surface area contributed by atoms with Crippen molar-refractivity contribution < 1.29 is 42.3 Å². The summed E-state index contributed by atoms with van der Waals surface area (Å²) in [6.07, 6.45) is 3.12. The van der Waals surface area contributed by atoms with Gasteiger partial charge in [-0.1, -0.05) is 74.7 Å². The fourth-order valence-electron chi connectivity index (χ4n) is 7.90. The first-order chi connectivity index (χ1) is 25.0. The van der Waals surface area contributed by atoms with Gasteiger partial charge in [0.05, 0.1) is 12.6 Å². The molecule has 0 spiro atoms. The van der Waals surface area contributed by atoms with Crippen LogP contribution >= 0.6 is 0 Å². The van der Waals surface area contributed by atoms with Gasteiger partial charge in [0.1, 0.15) is 12.1 Å². The van der Waals surface area contributed by atoms with Gasteiger partial charge in [-0.25, -0.2) is 13.6 Å². The molecule has 0 radical (unpaired) electrons. The number of carbonyl (C=O) groups excluding carboxylic acids is 7. The lowest BCUT2D eigenvalue weighted by molar-refractivity contribution is -0.153. The van der Waals surface area contributed by atoms with Crippen molar-refractivity contribution in [3.05, 3.63) is 0 Å². The fraction of sp³-hybridized carbons (Fsp3) is 0.821. The van der Waals surface area contributed by atoms with E-state index in [1.807, 2.05) is 55.4 Å². The summed E-state index contributed by atoms with van der Waals surface area (Å²) < 4.78 is 30.4. The number of halogens is 2. The Morgan fingerprint density at radius 1 is 0.907 bits per heavy atom. The van der Waals surface area contributed by atoms with Crippen LogP contribution in [0.5, 0.6) is 0 Å². The Morgan fingerprint density at radius 3 is 2.11 bits per heavy atom. The standard InChI is InChI=1S/C39H62F2N6O7/c1-9-10-11-12-16-39(40,41)17-15-25(44-35(54)45-27(36(2,3)4)22-46-28(49)18-37(5,6)19-29(46)50)34(53)47-21-24-30(38(24,7)8)31(47)33(52)42-20-26(48)32(51)43-23-13-14-23/h23-25,27,30-31H,9-22H2,1-8H3,(H,42,52)(H,43,51)(H2,44,45,54)/t24-,25-,27+,30-,31-/m0/s1. The molecule has 4 fully saturated rings. The van der Waals surface area contributed by atoms with E-state index in [-0.39, 0.29) is 67.5 Å². The van der Waals surface area contributed by atoms with E-state index >= 15 is 8.78 Å². The van der Waals surface area contributed by atoms with Crippen molar-refractivity contribution in [2.75, 3.05) is 19.6 Å². The van der Waals surface area contributed by atoms with Gasteiger partial charge in [-0.2, -0.15) is 0 Å². The van der Waals surface area contributed by atoms with E-state index in [0.717, 1.165) is 30.6 Å². The molecule has 2 saturated carbocycles. The second kappa shape index (κ2) is 16.6. The number of piperidine rings is 2. The Hall–Kier alpha value is -3.65. The first-order valence-corrected chi connectivity index (χ1v) is 19.7. The number of Topliss-reactive ketones (excluding diaryl/α,β-unsaturated/α-hetero) is 1. The zero-order valence-electron chi connectivity index (χ0n) is 33.4. The zero-order valence-corrected chi connectivity index (χ0v) is 33.4. The van der Waals surface area contributed by atoms with Gasteiger partial charge in [-0.3, -0.25) is 33.7 Å². The minimum Gasteiger partial charge on any atom is -0.347 e. The van der Waals surface area contributed by atoms with Crippen LogP contribution in [0.1, 0.15) is 126 Å². The van der Waals surface area contributed by atoms with Crippen LogP contribution in [0.3, 0.4) is 0 Å². The molecule has 54 heavy (non-hydrogen) atoms. The highest BCUT2D eigenvalue weighted by molar-refractivity contribution is 6.37. The first-order valence-electron chi connectivity index (χ1n) is 19.7. The van der Waals surface area contributed by atoms with Gasteiger partial charge in [-0.15, -0.1) is 0 Å². The number of fused-ring (bicyclic) bond motifs is 1. The second-order valence-corrected chi connectivity index (χ2v) is 18.5. The van der Waals surface area contributed by atoms with E-state index in [0.29, 0.717) is 12.8 Å². The average Bonchev–Trinajstić information content (AvgIpc) is 3.91. The number of urea groups is 1. The predicted octanol–water partition coefficient (Wildman–Crippen LogP) is 4.08. The number of amides is 7. The number of hydrogen-bond acceptors (Lipinski definition) is 7. The summed E-state index contributed by atoms with van der Waals surface area (Å²) in [4.78, 5) is 94.8. The Labute approximate surface area is 318 Å². The van der Waals surface area contributed by atoms with E-state index in [1.165, 1.54) is 4.90 Å². The minimum absolute atomic E-state index is 0.0423. The number of alkyl halides is 2. The summed E-state index contributed by atoms with van der Waals surface area (Å²) in [6, 6.07) is -4.11. The van der Waals surface area contributed by atoms with Crippen LogP contribution in [0.15, 0.2) is 0 Å². The van der Waals surface area contributed by atoms with Crippen molar-refractivity contribution in [1.29, 1.82) is 0 Å². The molecule has 4 aliphatic rings. The molecule has 0 unspecified atom stereocenters. The maximum Gasteiger partial charge on any atom is 0.315 e. The number of unbranched alkanes of at least 4 members (excludes halogenated alkanes) is 3. The van der Waals surface area contributed by atoms with Crippen LogP contribution in [0, 0.1) is 28.1 Å². The molecule has 4 rings (SSSR count). The molecule has 2 aliphatic heterocycles. The number of hydrogen-bond donors (Lipinski definition) is 4. The molecule has 5 atom stereocenters. The summed E-state index contributed by atoms with van der Waals surface area (Å²) in [5.74, 6) is -7.11. The van der Waals surface area contributed by atoms with Gasteiger partial charge in [-0.05, 0) is 53.8 Å². The molecule has 0 aromatic carbocycles. The number of imide groups is 1. The van der Waals surface area contributed by atoms with Crippen molar-refractivity contribution in [1.82, 2.24) is 31.1 Å². The highest BCUT2D eigenvalue weighted by Crippen LogP contribution is 2.65. The van der Waals surface area contributed by atoms with Crippen molar-refractivity contribution >= 4 is 41.4 Å². The number of likely N-dealkylation sites (tertiary alicyclic amines) is 2. The molecule has 13 nitrogen and oxygen atoms in total. The van der Waals surface area contributed by atoms with E-state index in [1.54, 1.807) is 0 Å². The van der Waals surface area contributed by atoms with Crippen LogP contribution in [0.25, 0.3) is 0 Å². The van der Waals surface area contributed by atoms with Crippen molar-refractivity contribution in [3.63, 3.8) is 0 Å². The van der Waals surface area contributed by atoms with E-state index in [4.69, 9.17) is 0 Å². The summed E-state index contributed by atoms with van der Waals surface area (Å²) in [5.41, 5.74) is -1.46. The average molecular weight is 765 g/mol. The Kier molecular flexibility index (Phi) is 13.2. The van der Waals surface area contributed by atoms with Crippen LogP contribution < -0.4 is 21.3 Å². The minimum atomic E-state index is -3.10. The molecular weight excluding hydrogens is 702 g/mol. The lowest BCUT2D eigenvalue weighted by Gasteiger charge is -2.40. The molecule has 2 heterocycles. The van der Waals surface area contributed by atoms with Gasteiger partial charge in [0, 0.05) is 44.8 Å². The third kappa shape index (κ3) is 11.0. The van der Waals surface area contributed by atoms with Gasteiger partial charge in [0.15, 0.2) is 0 Å². The van der Waals surface area contributed by atoms with Gasteiger partial charge < -0.3 is 26.2 Å². The molecule has 2 aliphatic carbocycles. The lowest BCUT2D eigenvalue weighted by Crippen LogP contribution is -2.60. The number of carbonyl (C=O) groups is 7. The van der Waals surface area contributed by atoms with Crippen molar-refractivity contribution in [2.24, 2.45) is 28.1 Å². The molecule has 0 aromatic heterocycles. The molecule has 304 valence electrons. The highest BCUT2D eigenvalue weighted by atomic mass is 19.3. The number of nitrogens with one attached hydrogen (secondary N) is 4. The lowest BCUT2D eigenvalue weighted by atomic mass is 9.80. The normalized spacial score (nSPS) is 24.3. The molecule has 0 bridgehead atoms. The van der Waals surface area contributed by atoms with Crippen LogP contribution in [0.4, 0.5) is 13.6 Å². The van der Waals surface area contributed by atoms with Crippen LogP contribution in [-0.2, 0) is 28.8 Å². The fourth-order valence-corrected chi connectivity index (χ4v) is 7.90.